The number of rotatable bonds is 8. The van der Waals surface area contributed by atoms with E-state index in [1.54, 1.807) is 37.3 Å². The van der Waals surface area contributed by atoms with E-state index in [2.05, 4.69) is 5.32 Å². The van der Waals surface area contributed by atoms with Crippen LogP contribution in [0.3, 0.4) is 0 Å². The Balaban J connectivity index is 1.79. The van der Waals surface area contributed by atoms with E-state index in [0.717, 1.165) is 5.56 Å². The van der Waals surface area contributed by atoms with Gasteiger partial charge in [0.1, 0.15) is 18.0 Å². The molecule has 0 saturated heterocycles. The Bertz CT molecular complexity index is 1220. The van der Waals surface area contributed by atoms with Crippen LogP contribution in [-0.4, -0.2) is 64.1 Å². The minimum Gasteiger partial charge on any atom is -0.486 e. The van der Waals surface area contributed by atoms with Crippen molar-refractivity contribution in [2.45, 2.75) is 44.1 Å². The molecular formula is C26H26Cl2N2O6. The summed E-state index contributed by atoms with van der Waals surface area (Å²) in [5.41, 5.74) is 1.60. The first-order valence-electron chi connectivity index (χ1n) is 11.6. The Morgan fingerprint density at radius 2 is 1.86 bits per heavy atom. The lowest BCUT2D eigenvalue weighted by Gasteiger charge is -2.40. The number of benzene rings is 2. The van der Waals surface area contributed by atoms with Crippen molar-refractivity contribution in [1.29, 1.82) is 0 Å². The third-order valence-corrected chi connectivity index (χ3v) is 7.13. The average molecular weight is 533 g/mol. The summed E-state index contributed by atoms with van der Waals surface area (Å²) in [6, 6.07) is 11.0. The summed E-state index contributed by atoms with van der Waals surface area (Å²) < 4.78 is 6.06. The monoisotopic (exact) mass is 532 g/mol. The molecule has 2 aliphatic rings. The number of aliphatic hydroxyl groups is 2. The average Bonchev–Trinajstić information content (AvgIpc) is 3.28. The number of para-hydroxylation sites is 1. The van der Waals surface area contributed by atoms with Crippen molar-refractivity contribution in [2.75, 3.05) is 13.2 Å². The molecule has 0 unspecified atom stereocenters. The zero-order valence-electron chi connectivity index (χ0n) is 19.5. The number of hydrogen-bond donors (Lipinski definition) is 3. The third-order valence-electron chi connectivity index (χ3n) is 6.39. The first kappa shape index (κ1) is 26.2. The van der Waals surface area contributed by atoms with Gasteiger partial charge in [-0.1, -0.05) is 54.4 Å². The fourth-order valence-corrected chi connectivity index (χ4v) is 4.97. The molecule has 0 saturated carbocycles. The van der Waals surface area contributed by atoms with Gasteiger partial charge in [-0.2, -0.15) is 0 Å². The van der Waals surface area contributed by atoms with Crippen molar-refractivity contribution in [2.24, 2.45) is 0 Å². The quantitative estimate of drug-likeness (QED) is 0.450. The summed E-state index contributed by atoms with van der Waals surface area (Å²) in [4.78, 5) is 40.1. The fraction of sp³-hybridized carbons (Fsp3) is 0.346. The highest BCUT2D eigenvalue weighted by atomic mass is 35.5. The van der Waals surface area contributed by atoms with Crippen LogP contribution in [0.4, 0.5) is 0 Å². The zero-order chi connectivity index (χ0) is 26.0. The molecule has 0 fully saturated rings. The molecule has 0 spiro atoms. The largest absolute Gasteiger partial charge is 0.486 e. The Labute approximate surface area is 218 Å². The molecule has 1 aliphatic heterocycles. The number of ketones is 1. The Morgan fingerprint density at radius 3 is 2.56 bits per heavy atom. The van der Waals surface area contributed by atoms with Gasteiger partial charge in [0.25, 0.3) is 5.91 Å². The molecule has 3 N–H and O–H groups in total. The summed E-state index contributed by atoms with van der Waals surface area (Å²) in [5, 5.41) is 23.9. The van der Waals surface area contributed by atoms with Gasteiger partial charge < -0.3 is 25.2 Å². The van der Waals surface area contributed by atoms with E-state index >= 15 is 0 Å². The maximum Gasteiger partial charge on any atom is 0.290 e. The standard InChI is InChI=1S/C26H26Cl2N2O6/c1-2-20(32)26(35)30(13-14-7-8-17(27)18(28)11-14)19-12-16(25(34)29-9-10-31)22-15-5-3-4-6-21(15)36-24(22)23(19)33/h3-8,11-12,19,22-24,31,33H,2,9-10,13H2,1H3,(H,29,34)/t19-,22+,23+,24+/m1/s1. The van der Waals surface area contributed by atoms with Crippen LogP contribution in [0.25, 0.3) is 0 Å². The molecule has 4 atom stereocenters. The molecule has 10 heteroatoms. The number of fused-ring (bicyclic) bond motifs is 3. The number of aliphatic hydroxyl groups excluding tert-OH is 2. The van der Waals surface area contributed by atoms with Gasteiger partial charge in [0.05, 0.1) is 28.6 Å². The second kappa shape index (κ2) is 11.0. The van der Waals surface area contributed by atoms with Crippen LogP contribution in [0.1, 0.15) is 30.4 Å². The van der Waals surface area contributed by atoms with Crippen LogP contribution in [0.2, 0.25) is 10.0 Å². The molecule has 2 amide bonds. The zero-order valence-corrected chi connectivity index (χ0v) is 21.0. The van der Waals surface area contributed by atoms with Crippen molar-refractivity contribution in [3.8, 4) is 5.75 Å². The van der Waals surface area contributed by atoms with Gasteiger partial charge in [0.2, 0.25) is 11.7 Å². The Hall–Kier alpha value is -2.91. The molecular weight excluding hydrogens is 507 g/mol. The molecule has 2 aromatic rings. The van der Waals surface area contributed by atoms with E-state index < -0.39 is 41.8 Å². The highest BCUT2D eigenvalue weighted by molar-refractivity contribution is 6.42. The van der Waals surface area contributed by atoms with Crippen LogP contribution >= 0.6 is 23.2 Å². The number of amides is 2. The van der Waals surface area contributed by atoms with E-state index in [9.17, 15) is 24.6 Å². The first-order valence-corrected chi connectivity index (χ1v) is 12.3. The topological polar surface area (TPSA) is 116 Å². The van der Waals surface area contributed by atoms with Crippen molar-refractivity contribution in [3.63, 3.8) is 0 Å². The lowest BCUT2D eigenvalue weighted by Crippen LogP contribution is -2.56. The molecule has 4 rings (SSSR count). The minimum atomic E-state index is -1.24. The number of hydrogen-bond acceptors (Lipinski definition) is 6. The summed E-state index contributed by atoms with van der Waals surface area (Å²) in [6.07, 6.45) is -0.620. The van der Waals surface area contributed by atoms with Gasteiger partial charge in [0.15, 0.2) is 0 Å². The molecule has 0 bridgehead atoms. The predicted molar refractivity (Wildman–Crippen MR) is 134 cm³/mol. The van der Waals surface area contributed by atoms with Crippen molar-refractivity contribution in [3.05, 3.63) is 75.3 Å². The number of Topliss-reactive ketones (excluding diaryl/α,β-unsaturated/α-hetero) is 1. The number of nitrogens with zero attached hydrogens (tertiary/aromatic N) is 1. The summed E-state index contributed by atoms with van der Waals surface area (Å²) in [6.45, 7) is 1.30. The van der Waals surface area contributed by atoms with Gasteiger partial charge in [0, 0.05) is 30.6 Å². The van der Waals surface area contributed by atoms with Crippen LogP contribution in [0.15, 0.2) is 54.1 Å². The van der Waals surface area contributed by atoms with Gasteiger partial charge >= 0.3 is 0 Å². The van der Waals surface area contributed by atoms with Crippen LogP contribution in [0.5, 0.6) is 5.75 Å². The minimum absolute atomic E-state index is 0.0267. The second-order valence-electron chi connectivity index (χ2n) is 8.64. The van der Waals surface area contributed by atoms with E-state index in [-0.39, 0.29) is 36.7 Å². The first-order chi connectivity index (χ1) is 17.3. The van der Waals surface area contributed by atoms with Crippen molar-refractivity contribution in [1.82, 2.24) is 10.2 Å². The highest BCUT2D eigenvalue weighted by Crippen LogP contribution is 2.47. The molecule has 1 heterocycles. The SMILES string of the molecule is CCC(=O)C(=O)N(Cc1ccc(Cl)c(Cl)c1)[C@@H]1C=C(C(=O)NCCO)[C@@H]2c3ccccc3O[C@@H]2[C@H]1O. The lowest BCUT2D eigenvalue weighted by atomic mass is 9.77. The smallest absolute Gasteiger partial charge is 0.290 e. The number of carbonyl (C=O) groups is 3. The van der Waals surface area contributed by atoms with Gasteiger partial charge in [-0.05, 0) is 29.8 Å². The highest BCUT2D eigenvalue weighted by Gasteiger charge is 2.50. The lowest BCUT2D eigenvalue weighted by molar-refractivity contribution is -0.148. The number of nitrogens with one attached hydrogen (secondary N) is 1. The van der Waals surface area contributed by atoms with E-state index in [1.165, 1.54) is 11.0 Å². The van der Waals surface area contributed by atoms with Gasteiger partial charge in [-0.15, -0.1) is 0 Å². The van der Waals surface area contributed by atoms with E-state index in [0.29, 0.717) is 16.3 Å². The number of carbonyl (C=O) groups excluding carboxylic acids is 3. The van der Waals surface area contributed by atoms with Gasteiger partial charge in [-0.25, -0.2) is 0 Å². The maximum absolute atomic E-state index is 13.2. The predicted octanol–water partition coefficient (Wildman–Crippen LogP) is 2.62. The van der Waals surface area contributed by atoms with E-state index in [4.69, 9.17) is 27.9 Å². The Morgan fingerprint density at radius 1 is 1.11 bits per heavy atom. The second-order valence-corrected chi connectivity index (χ2v) is 9.45. The molecule has 2 aromatic carbocycles. The van der Waals surface area contributed by atoms with Crippen LogP contribution in [0, 0.1) is 0 Å². The Kier molecular flexibility index (Phi) is 8.00. The number of halogens is 2. The fourth-order valence-electron chi connectivity index (χ4n) is 4.65. The molecule has 190 valence electrons. The van der Waals surface area contributed by atoms with Crippen LogP contribution < -0.4 is 10.1 Å². The van der Waals surface area contributed by atoms with Crippen molar-refractivity contribution >= 4 is 40.8 Å². The number of ether oxygens (including phenoxy) is 1. The maximum atomic E-state index is 13.2. The van der Waals surface area contributed by atoms with Crippen molar-refractivity contribution < 1.29 is 29.3 Å². The van der Waals surface area contributed by atoms with Crippen LogP contribution in [-0.2, 0) is 20.9 Å². The molecule has 0 aromatic heterocycles. The molecule has 1 aliphatic carbocycles. The normalized spacial score (nSPS) is 22.1. The summed E-state index contributed by atoms with van der Waals surface area (Å²) in [5.74, 6) is -1.96. The van der Waals surface area contributed by atoms with E-state index in [1.807, 2.05) is 12.1 Å². The van der Waals surface area contributed by atoms with Gasteiger partial charge in [-0.3, -0.25) is 14.4 Å². The molecule has 0 radical (unpaired) electrons. The molecule has 36 heavy (non-hydrogen) atoms. The molecule has 8 nitrogen and oxygen atoms in total. The summed E-state index contributed by atoms with van der Waals surface area (Å²) >= 11 is 12.2. The summed E-state index contributed by atoms with van der Waals surface area (Å²) in [7, 11) is 0. The third kappa shape index (κ3) is 4.99.